The maximum Gasteiger partial charge on any atom is 0.148 e. The van der Waals surface area contributed by atoms with Crippen LogP contribution in [-0.2, 0) is 0 Å². The highest BCUT2D eigenvalue weighted by Crippen LogP contribution is 2.23. The van der Waals surface area contributed by atoms with Crippen molar-refractivity contribution in [2.45, 2.75) is 38.8 Å². The van der Waals surface area contributed by atoms with Crippen molar-refractivity contribution in [3.63, 3.8) is 0 Å². The van der Waals surface area contributed by atoms with Crippen molar-refractivity contribution in [1.29, 1.82) is 0 Å². The molecule has 0 saturated carbocycles. The van der Waals surface area contributed by atoms with E-state index < -0.39 is 0 Å². The number of nitrogens with one attached hydrogen (secondary N) is 2. The van der Waals surface area contributed by atoms with Crippen LogP contribution in [0, 0.1) is 5.82 Å². The van der Waals surface area contributed by atoms with E-state index in [4.69, 9.17) is 0 Å². The van der Waals surface area contributed by atoms with Crippen LogP contribution in [0.15, 0.2) is 18.2 Å². The Morgan fingerprint density at radius 1 is 1.47 bits per heavy atom. The molecule has 1 heterocycles. The van der Waals surface area contributed by atoms with E-state index in [9.17, 15) is 4.39 Å². The molecular weight excluding hydrogens is 241 g/mol. The van der Waals surface area contributed by atoms with Crippen molar-refractivity contribution in [2.24, 2.45) is 0 Å². The average molecular weight is 265 g/mol. The van der Waals surface area contributed by atoms with Gasteiger partial charge in [-0.25, -0.2) is 4.39 Å². The second-order valence-electron chi connectivity index (χ2n) is 5.55. The van der Waals surface area contributed by atoms with E-state index in [-0.39, 0.29) is 11.9 Å². The highest BCUT2D eigenvalue weighted by atomic mass is 19.1. The summed E-state index contributed by atoms with van der Waals surface area (Å²) in [6, 6.07) is 6.19. The lowest BCUT2D eigenvalue weighted by molar-refractivity contribution is 0.612. The van der Waals surface area contributed by atoms with E-state index >= 15 is 0 Å². The highest BCUT2D eigenvalue weighted by Gasteiger charge is 2.14. The zero-order valence-electron chi connectivity index (χ0n) is 12.0. The molecule has 19 heavy (non-hydrogen) atoms. The summed E-state index contributed by atoms with van der Waals surface area (Å²) in [7, 11) is 1.92. The number of hydrogen-bond donors (Lipinski definition) is 2. The van der Waals surface area contributed by atoms with Crippen LogP contribution < -0.4 is 15.5 Å². The van der Waals surface area contributed by atoms with Gasteiger partial charge >= 0.3 is 0 Å². The molecule has 0 aliphatic carbocycles. The van der Waals surface area contributed by atoms with Crippen molar-refractivity contribution in [2.75, 3.05) is 30.4 Å². The summed E-state index contributed by atoms with van der Waals surface area (Å²) in [5, 5.41) is 6.72. The van der Waals surface area contributed by atoms with Crippen LogP contribution in [0.3, 0.4) is 0 Å². The molecule has 1 unspecified atom stereocenters. The molecule has 3 nitrogen and oxygen atoms in total. The molecule has 0 bridgehead atoms. The predicted molar refractivity (Wildman–Crippen MR) is 79.5 cm³/mol. The zero-order valence-corrected chi connectivity index (χ0v) is 12.0. The third-order valence-corrected chi connectivity index (χ3v) is 3.82. The first-order valence-electron chi connectivity index (χ1n) is 7.07. The Morgan fingerprint density at radius 2 is 2.26 bits per heavy atom. The molecule has 1 atom stereocenters. The van der Waals surface area contributed by atoms with Gasteiger partial charge in [0.1, 0.15) is 5.82 Å². The van der Waals surface area contributed by atoms with E-state index in [1.165, 1.54) is 12.8 Å². The van der Waals surface area contributed by atoms with Crippen molar-refractivity contribution < 1.29 is 4.39 Å². The maximum absolute atomic E-state index is 14.1. The van der Waals surface area contributed by atoms with E-state index in [0.717, 1.165) is 18.8 Å². The molecule has 0 spiro atoms. The monoisotopic (exact) mass is 265 g/mol. The van der Waals surface area contributed by atoms with Gasteiger partial charge in [0.15, 0.2) is 0 Å². The third-order valence-electron chi connectivity index (χ3n) is 3.82. The van der Waals surface area contributed by atoms with Crippen molar-refractivity contribution in [3.05, 3.63) is 24.0 Å². The number of anilines is 2. The second-order valence-corrected chi connectivity index (χ2v) is 5.55. The van der Waals surface area contributed by atoms with Crippen molar-refractivity contribution >= 4 is 11.4 Å². The summed E-state index contributed by atoms with van der Waals surface area (Å²) >= 11 is 0. The molecule has 2 N–H and O–H groups in total. The standard InChI is InChI=1S/C15H24FN3/c1-11(2)19(3)15-7-6-12(9-14(15)16)18-10-13-5-4-8-17-13/h6-7,9,11,13,17-18H,4-5,8,10H2,1-3H3. The van der Waals surface area contributed by atoms with Gasteiger partial charge in [0.05, 0.1) is 5.69 Å². The highest BCUT2D eigenvalue weighted by molar-refractivity contribution is 5.56. The molecule has 4 heteroatoms. The minimum absolute atomic E-state index is 0.166. The Bertz CT molecular complexity index is 414. The van der Waals surface area contributed by atoms with Gasteiger partial charge in [0.25, 0.3) is 0 Å². The summed E-state index contributed by atoms with van der Waals surface area (Å²) in [5.74, 6) is -0.166. The van der Waals surface area contributed by atoms with Gasteiger partial charge in [0, 0.05) is 31.4 Å². The van der Waals surface area contributed by atoms with Crippen LogP contribution in [-0.4, -0.2) is 32.2 Å². The lowest BCUT2D eigenvalue weighted by atomic mass is 10.2. The molecule has 1 aromatic carbocycles. The predicted octanol–water partition coefficient (Wildman–Crippen LogP) is 2.83. The Balaban J connectivity index is 1.97. The molecule has 1 aliphatic heterocycles. The SMILES string of the molecule is CC(C)N(C)c1ccc(NCC2CCCN2)cc1F. The number of rotatable bonds is 5. The topological polar surface area (TPSA) is 27.3 Å². The van der Waals surface area contributed by atoms with Crippen molar-refractivity contribution in [1.82, 2.24) is 5.32 Å². The Kier molecular flexibility index (Phi) is 4.64. The average Bonchev–Trinajstić information content (AvgIpc) is 2.88. The quantitative estimate of drug-likeness (QED) is 0.857. The molecule has 1 fully saturated rings. The van der Waals surface area contributed by atoms with Gasteiger partial charge in [-0.15, -0.1) is 0 Å². The van der Waals surface area contributed by atoms with Crippen LogP contribution >= 0.6 is 0 Å². The summed E-state index contributed by atoms with van der Waals surface area (Å²) in [6.07, 6.45) is 2.43. The molecule has 0 amide bonds. The fourth-order valence-corrected chi connectivity index (χ4v) is 2.35. The van der Waals surface area contributed by atoms with Gasteiger partial charge in [-0.3, -0.25) is 0 Å². The lowest BCUT2D eigenvalue weighted by Gasteiger charge is -2.24. The van der Waals surface area contributed by atoms with Crippen LogP contribution in [0.2, 0.25) is 0 Å². The summed E-state index contributed by atoms with van der Waals surface area (Å²) in [5.41, 5.74) is 1.51. The summed E-state index contributed by atoms with van der Waals surface area (Å²) < 4.78 is 14.1. The van der Waals surface area contributed by atoms with Gasteiger partial charge in [0.2, 0.25) is 0 Å². The lowest BCUT2D eigenvalue weighted by Crippen LogP contribution is -2.29. The number of halogens is 1. The summed E-state index contributed by atoms with van der Waals surface area (Å²) in [6.45, 7) is 6.06. The van der Waals surface area contributed by atoms with Crippen LogP contribution in [0.5, 0.6) is 0 Å². The Hall–Kier alpha value is -1.29. The molecule has 106 valence electrons. The third kappa shape index (κ3) is 3.60. The maximum atomic E-state index is 14.1. The fraction of sp³-hybridized carbons (Fsp3) is 0.600. The first kappa shape index (κ1) is 14.1. The molecule has 0 aromatic heterocycles. The molecule has 1 aromatic rings. The first-order chi connectivity index (χ1) is 9.08. The normalized spacial score (nSPS) is 18.9. The fourth-order valence-electron chi connectivity index (χ4n) is 2.35. The van der Waals surface area contributed by atoms with Gasteiger partial charge in [-0.2, -0.15) is 0 Å². The zero-order chi connectivity index (χ0) is 13.8. The van der Waals surface area contributed by atoms with E-state index in [1.54, 1.807) is 6.07 Å². The molecule has 1 aliphatic rings. The van der Waals surface area contributed by atoms with Gasteiger partial charge in [-0.05, 0) is 51.4 Å². The summed E-state index contributed by atoms with van der Waals surface area (Å²) in [4.78, 5) is 1.94. The van der Waals surface area contributed by atoms with Gasteiger partial charge < -0.3 is 15.5 Å². The number of nitrogens with zero attached hydrogens (tertiary/aromatic N) is 1. The van der Waals surface area contributed by atoms with Crippen molar-refractivity contribution in [3.8, 4) is 0 Å². The largest absolute Gasteiger partial charge is 0.383 e. The van der Waals surface area contributed by atoms with Crippen LogP contribution in [0.1, 0.15) is 26.7 Å². The number of benzene rings is 1. The van der Waals surface area contributed by atoms with E-state index in [0.29, 0.717) is 11.7 Å². The number of hydrogen-bond acceptors (Lipinski definition) is 3. The Morgan fingerprint density at radius 3 is 2.84 bits per heavy atom. The molecule has 1 saturated heterocycles. The first-order valence-corrected chi connectivity index (χ1v) is 7.07. The van der Waals surface area contributed by atoms with E-state index in [1.807, 2.05) is 24.1 Å². The molecular formula is C15H24FN3. The molecule has 0 radical (unpaired) electrons. The van der Waals surface area contributed by atoms with Crippen LogP contribution in [0.25, 0.3) is 0 Å². The molecule has 2 rings (SSSR count). The smallest absolute Gasteiger partial charge is 0.148 e. The minimum Gasteiger partial charge on any atom is -0.383 e. The van der Waals surface area contributed by atoms with E-state index in [2.05, 4.69) is 24.5 Å². The minimum atomic E-state index is -0.166. The van der Waals surface area contributed by atoms with Crippen LogP contribution in [0.4, 0.5) is 15.8 Å². The van der Waals surface area contributed by atoms with Gasteiger partial charge in [-0.1, -0.05) is 0 Å². The second kappa shape index (κ2) is 6.24. The Labute approximate surface area is 115 Å².